The lowest BCUT2D eigenvalue weighted by atomic mass is 10.1. The van der Waals surface area contributed by atoms with Crippen molar-refractivity contribution in [1.29, 1.82) is 0 Å². The van der Waals surface area contributed by atoms with E-state index in [2.05, 4.69) is 5.32 Å². The van der Waals surface area contributed by atoms with Gasteiger partial charge in [0.15, 0.2) is 0 Å². The largest absolute Gasteiger partial charge is 0.373 e. The number of anilines is 1. The van der Waals surface area contributed by atoms with Crippen LogP contribution >= 0.6 is 0 Å². The van der Waals surface area contributed by atoms with E-state index in [4.69, 9.17) is 0 Å². The van der Waals surface area contributed by atoms with Gasteiger partial charge in [-0.2, -0.15) is 0 Å². The first-order valence-corrected chi connectivity index (χ1v) is 5.25. The molecule has 1 fully saturated rings. The summed E-state index contributed by atoms with van der Waals surface area (Å²) in [4.78, 5) is 13.5. The molecule has 1 atom stereocenters. The molecule has 3 nitrogen and oxygen atoms in total. The van der Waals surface area contributed by atoms with Crippen LogP contribution in [0.15, 0.2) is 24.3 Å². The van der Waals surface area contributed by atoms with Crippen LogP contribution in [0.3, 0.4) is 0 Å². The van der Waals surface area contributed by atoms with Gasteiger partial charge in [-0.15, -0.1) is 0 Å². The smallest absolute Gasteiger partial charge is 0.244 e. The molecule has 0 spiro atoms. The minimum Gasteiger partial charge on any atom is -0.373 e. The average molecular weight is 204 g/mol. The fourth-order valence-electron chi connectivity index (χ4n) is 1.88. The van der Waals surface area contributed by atoms with E-state index < -0.39 is 0 Å². The molecular formula is C12H16N2O. The van der Waals surface area contributed by atoms with E-state index in [1.165, 1.54) is 5.56 Å². The van der Waals surface area contributed by atoms with Crippen molar-refractivity contribution in [2.24, 2.45) is 0 Å². The molecule has 3 heteroatoms. The Bertz CT molecular complexity index is 376. The fraction of sp³-hybridized carbons (Fsp3) is 0.417. The predicted octanol–water partition coefficient (Wildman–Crippen LogP) is 1.64. The summed E-state index contributed by atoms with van der Waals surface area (Å²) in [6, 6.07) is 8.00. The van der Waals surface area contributed by atoms with E-state index >= 15 is 0 Å². The first-order valence-electron chi connectivity index (χ1n) is 5.25. The molecule has 1 aromatic carbocycles. The van der Waals surface area contributed by atoms with E-state index in [0.29, 0.717) is 0 Å². The lowest BCUT2D eigenvalue weighted by molar-refractivity contribution is -0.127. The Morgan fingerprint density at radius 1 is 1.40 bits per heavy atom. The van der Waals surface area contributed by atoms with Crippen molar-refractivity contribution in [3.8, 4) is 0 Å². The molecule has 1 heterocycles. The second-order valence-corrected chi connectivity index (χ2v) is 4.06. The molecule has 0 bridgehead atoms. The maximum absolute atomic E-state index is 11.7. The third kappa shape index (κ3) is 1.96. The molecule has 1 unspecified atom stereocenters. The summed E-state index contributed by atoms with van der Waals surface area (Å²) in [5.74, 6) is 0.193. The second-order valence-electron chi connectivity index (χ2n) is 4.06. The van der Waals surface area contributed by atoms with Crippen molar-refractivity contribution in [3.63, 3.8) is 0 Å². The van der Waals surface area contributed by atoms with E-state index in [-0.39, 0.29) is 11.9 Å². The lowest BCUT2D eigenvalue weighted by Gasteiger charge is -2.15. The molecule has 2 rings (SSSR count). The second kappa shape index (κ2) is 3.93. The third-order valence-corrected chi connectivity index (χ3v) is 2.90. The third-order valence-electron chi connectivity index (χ3n) is 2.90. The van der Waals surface area contributed by atoms with Crippen molar-refractivity contribution in [2.45, 2.75) is 19.4 Å². The van der Waals surface area contributed by atoms with E-state index in [1.807, 2.05) is 38.2 Å². The van der Waals surface area contributed by atoms with E-state index in [9.17, 15) is 4.79 Å². The highest BCUT2D eigenvalue weighted by Crippen LogP contribution is 2.18. The Labute approximate surface area is 90.1 Å². The van der Waals surface area contributed by atoms with Gasteiger partial charge in [0, 0.05) is 19.3 Å². The standard InChI is InChI=1S/C12H16N2O/c1-9-5-3-4-6-10(9)13-11-7-8-14(2)12(11)15/h3-6,11,13H,7-8H2,1-2H3. The number of nitrogens with zero attached hydrogens (tertiary/aromatic N) is 1. The quantitative estimate of drug-likeness (QED) is 0.794. The van der Waals surface area contributed by atoms with Gasteiger partial charge in [-0.25, -0.2) is 0 Å². The number of aryl methyl sites for hydroxylation is 1. The van der Waals surface area contributed by atoms with Crippen LogP contribution in [0.1, 0.15) is 12.0 Å². The highest BCUT2D eigenvalue weighted by molar-refractivity contribution is 5.86. The van der Waals surface area contributed by atoms with Crippen LogP contribution < -0.4 is 5.32 Å². The highest BCUT2D eigenvalue weighted by atomic mass is 16.2. The van der Waals surface area contributed by atoms with Crippen molar-refractivity contribution in [2.75, 3.05) is 18.9 Å². The molecule has 0 saturated carbocycles. The number of hydrogen-bond acceptors (Lipinski definition) is 2. The van der Waals surface area contributed by atoms with Crippen LogP contribution in [0.25, 0.3) is 0 Å². The topological polar surface area (TPSA) is 32.3 Å². The van der Waals surface area contributed by atoms with Crippen molar-refractivity contribution >= 4 is 11.6 Å². The minimum atomic E-state index is -0.0453. The molecule has 1 aliphatic heterocycles. The molecule has 1 aromatic rings. The lowest BCUT2D eigenvalue weighted by Crippen LogP contribution is -2.31. The molecule has 0 radical (unpaired) electrons. The number of para-hydroxylation sites is 1. The van der Waals surface area contributed by atoms with Gasteiger partial charge in [0.25, 0.3) is 0 Å². The maximum Gasteiger partial charge on any atom is 0.244 e. The van der Waals surface area contributed by atoms with Gasteiger partial charge in [-0.1, -0.05) is 18.2 Å². The molecule has 1 saturated heterocycles. The van der Waals surface area contributed by atoms with Crippen LogP contribution in [-0.2, 0) is 4.79 Å². The Hall–Kier alpha value is -1.51. The zero-order chi connectivity index (χ0) is 10.8. The highest BCUT2D eigenvalue weighted by Gasteiger charge is 2.28. The summed E-state index contributed by atoms with van der Waals surface area (Å²) in [6.45, 7) is 2.90. The molecule has 1 N–H and O–H groups in total. The van der Waals surface area contributed by atoms with Crippen LogP contribution in [0.5, 0.6) is 0 Å². The average Bonchev–Trinajstić information content (AvgIpc) is 2.53. The van der Waals surface area contributed by atoms with E-state index in [0.717, 1.165) is 18.7 Å². The molecule has 0 aromatic heterocycles. The summed E-state index contributed by atoms with van der Waals surface area (Å²) in [6.07, 6.45) is 0.893. The minimum absolute atomic E-state index is 0.0453. The summed E-state index contributed by atoms with van der Waals surface area (Å²) in [7, 11) is 1.85. The summed E-state index contributed by atoms with van der Waals surface area (Å²) in [5, 5.41) is 3.30. The van der Waals surface area contributed by atoms with Gasteiger partial charge in [-0.3, -0.25) is 4.79 Å². The fourth-order valence-corrected chi connectivity index (χ4v) is 1.88. The molecule has 15 heavy (non-hydrogen) atoms. The first kappa shape index (κ1) is 10.0. The van der Waals surface area contributed by atoms with Gasteiger partial charge in [0.1, 0.15) is 6.04 Å². The number of carbonyl (C=O) groups excluding carboxylic acids is 1. The normalized spacial score (nSPS) is 20.8. The van der Waals surface area contributed by atoms with Crippen LogP contribution in [0, 0.1) is 6.92 Å². The number of rotatable bonds is 2. The predicted molar refractivity (Wildman–Crippen MR) is 60.8 cm³/mol. The monoisotopic (exact) mass is 204 g/mol. The van der Waals surface area contributed by atoms with Crippen molar-refractivity contribution < 1.29 is 4.79 Å². The van der Waals surface area contributed by atoms with Crippen LogP contribution in [0.2, 0.25) is 0 Å². The summed E-state index contributed by atoms with van der Waals surface area (Å²) in [5.41, 5.74) is 2.24. The number of hydrogen-bond donors (Lipinski definition) is 1. The summed E-state index contributed by atoms with van der Waals surface area (Å²) >= 11 is 0. The van der Waals surface area contributed by atoms with Gasteiger partial charge >= 0.3 is 0 Å². The van der Waals surface area contributed by atoms with Crippen molar-refractivity contribution in [3.05, 3.63) is 29.8 Å². The number of benzene rings is 1. The maximum atomic E-state index is 11.7. The number of carbonyl (C=O) groups is 1. The molecule has 0 aliphatic carbocycles. The van der Waals surface area contributed by atoms with Gasteiger partial charge < -0.3 is 10.2 Å². The Morgan fingerprint density at radius 2 is 2.13 bits per heavy atom. The van der Waals surface area contributed by atoms with Crippen molar-refractivity contribution in [1.82, 2.24) is 4.90 Å². The Kier molecular flexibility index (Phi) is 2.62. The SMILES string of the molecule is Cc1ccccc1NC1CCN(C)C1=O. The van der Waals surface area contributed by atoms with Gasteiger partial charge in [-0.05, 0) is 25.0 Å². The van der Waals surface area contributed by atoms with Gasteiger partial charge in [0.05, 0.1) is 0 Å². The van der Waals surface area contributed by atoms with Crippen LogP contribution in [-0.4, -0.2) is 30.4 Å². The molecule has 80 valence electrons. The van der Waals surface area contributed by atoms with Crippen LogP contribution in [0.4, 0.5) is 5.69 Å². The number of amides is 1. The number of nitrogens with one attached hydrogen (secondary N) is 1. The molecular weight excluding hydrogens is 188 g/mol. The molecule has 1 amide bonds. The molecule has 1 aliphatic rings. The Balaban J connectivity index is 2.10. The summed E-state index contributed by atoms with van der Waals surface area (Å²) < 4.78 is 0. The van der Waals surface area contributed by atoms with Gasteiger partial charge in [0.2, 0.25) is 5.91 Å². The van der Waals surface area contributed by atoms with E-state index in [1.54, 1.807) is 4.90 Å². The Morgan fingerprint density at radius 3 is 2.73 bits per heavy atom. The number of likely N-dealkylation sites (tertiary alicyclic amines) is 1. The first-order chi connectivity index (χ1) is 7.18. The zero-order valence-corrected chi connectivity index (χ0v) is 9.16. The zero-order valence-electron chi connectivity index (χ0n) is 9.16. The number of likely N-dealkylation sites (N-methyl/N-ethyl adjacent to an activating group) is 1.